The molecule has 1 heterocycles. The first-order chi connectivity index (χ1) is 9.20. The molecule has 118 valence electrons. The van der Waals surface area contributed by atoms with E-state index in [-0.39, 0.29) is 36.1 Å². The zero-order valence-corrected chi connectivity index (χ0v) is 13.4. The molecule has 3 N–H and O–H groups in total. The number of halogens is 1. The van der Waals surface area contributed by atoms with Crippen molar-refractivity contribution < 1.29 is 9.59 Å². The molecule has 1 fully saturated rings. The molecule has 1 saturated heterocycles. The summed E-state index contributed by atoms with van der Waals surface area (Å²) in [5, 5.41) is 8.98. The van der Waals surface area contributed by atoms with E-state index in [4.69, 9.17) is 0 Å². The Hall–Kier alpha value is -0.810. The predicted molar refractivity (Wildman–Crippen MR) is 82.9 cm³/mol. The Kier molecular flexibility index (Phi) is 10.5. The molecular weight excluding hydrogens is 278 g/mol. The normalized spacial score (nSPS) is 21.1. The van der Waals surface area contributed by atoms with Crippen molar-refractivity contribution in [3.8, 4) is 0 Å². The van der Waals surface area contributed by atoms with Crippen LogP contribution in [0, 0.1) is 11.8 Å². The molecule has 1 aliphatic rings. The zero-order valence-electron chi connectivity index (χ0n) is 12.5. The highest BCUT2D eigenvalue weighted by molar-refractivity contribution is 5.88. The predicted octanol–water partition coefficient (Wildman–Crippen LogP) is 1.08. The number of hydrogen-bond donors (Lipinski definition) is 3. The Balaban J connectivity index is 0.00000361. The molecule has 0 aromatic heterocycles. The van der Waals surface area contributed by atoms with E-state index in [9.17, 15) is 9.59 Å². The SMILES string of the molecule is CCCCNC(=O)C1CNCC1C(=O)NCCCC.Cl. The summed E-state index contributed by atoms with van der Waals surface area (Å²) in [5.41, 5.74) is 0. The van der Waals surface area contributed by atoms with Gasteiger partial charge in [0.05, 0.1) is 11.8 Å². The van der Waals surface area contributed by atoms with Gasteiger partial charge in [-0.05, 0) is 12.8 Å². The van der Waals surface area contributed by atoms with Crippen LogP contribution in [0.25, 0.3) is 0 Å². The van der Waals surface area contributed by atoms with E-state index in [1.165, 1.54) is 0 Å². The van der Waals surface area contributed by atoms with Crippen LogP contribution in [0.2, 0.25) is 0 Å². The van der Waals surface area contributed by atoms with Gasteiger partial charge < -0.3 is 16.0 Å². The van der Waals surface area contributed by atoms with Crippen molar-refractivity contribution >= 4 is 24.2 Å². The van der Waals surface area contributed by atoms with Crippen LogP contribution >= 0.6 is 12.4 Å². The monoisotopic (exact) mass is 305 g/mol. The van der Waals surface area contributed by atoms with Crippen molar-refractivity contribution in [3.05, 3.63) is 0 Å². The lowest BCUT2D eigenvalue weighted by Gasteiger charge is -2.17. The number of rotatable bonds is 8. The Morgan fingerprint density at radius 2 is 1.35 bits per heavy atom. The van der Waals surface area contributed by atoms with Gasteiger partial charge in [-0.15, -0.1) is 12.4 Å². The van der Waals surface area contributed by atoms with Crippen LogP contribution < -0.4 is 16.0 Å². The van der Waals surface area contributed by atoms with Gasteiger partial charge in [0.2, 0.25) is 11.8 Å². The fraction of sp³-hybridized carbons (Fsp3) is 0.857. The van der Waals surface area contributed by atoms with Crippen molar-refractivity contribution in [2.24, 2.45) is 11.8 Å². The van der Waals surface area contributed by atoms with Crippen LogP contribution in [-0.2, 0) is 9.59 Å². The maximum Gasteiger partial charge on any atom is 0.225 e. The number of carbonyl (C=O) groups excluding carboxylic acids is 2. The van der Waals surface area contributed by atoms with Gasteiger partial charge in [0.25, 0.3) is 0 Å². The topological polar surface area (TPSA) is 70.2 Å². The van der Waals surface area contributed by atoms with Crippen LogP contribution in [0.4, 0.5) is 0 Å². The van der Waals surface area contributed by atoms with Gasteiger partial charge in [-0.2, -0.15) is 0 Å². The second kappa shape index (κ2) is 10.9. The minimum absolute atomic E-state index is 0. The third kappa shape index (κ3) is 6.09. The van der Waals surface area contributed by atoms with E-state index in [1.807, 2.05) is 0 Å². The van der Waals surface area contributed by atoms with Crippen molar-refractivity contribution in [1.29, 1.82) is 0 Å². The van der Waals surface area contributed by atoms with Gasteiger partial charge in [0.15, 0.2) is 0 Å². The smallest absolute Gasteiger partial charge is 0.225 e. The molecule has 20 heavy (non-hydrogen) atoms. The third-order valence-corrected chi connectivity index (χ3v) is 3.55. The van der Waals surface area contributed by atoms with Crippen LogP contribution in [-0.4, -0.2) is 38.0 Å². The number of amides is 2. The van der Waals surface area contributed by atoms with Crippen molar-refractivity contribution in [2.45, 2.75) is 39.5 Å². The van der Waals surface area contributed by atoms with E-state index < -0.39 is 0 Å². The third-order valence-electron chi connectivity index (χ3n) is 3.55. The van der Waals surface area contributed by atoms with E-state index in [2.05, 4.69) is 29.8 Å². The summed E-state index contributed by atoms with van der Waals surface area (Å²) in [6, 6.07) is 0. The molecule has 0 aromatic rings. The Morgan fingerprint density at radius 3 is 1.70 bits per heavy atom. The fourth-order valence-corrected chi connectivity index (χ4v) is 2.27. The Labute approximate surface area is 128 Å². The fourth-order valence-electron chi connectivity index (χ4n) is 2.27. The molecule has 1 aliphatic heterocycles. The average molecular weight is 306 g/mol. The van der Waals surface area contributed by atoms with Gasteiger partial charge in [-0.3, -0.25) is 9.59 Å². The molecular formula is C14H28ClN3O2. The van der Waals surface area contributed by atoms with Crippen molar-refractivity contribution in [1.82, 2.24) is 16.0 Å². The van der Waals surface area contributed by atoms with Gasteiger partial charge >= 0.3 is 0 Å². The van der Waals surface area contributed by atoms with Crippen LogP contribution in [0.15, 0.2) is 0 Å². The average Bonchev–Trinajstić information content (AvgIpc) is 2.88. The van der Waals surface area contributed by atoms with Gasteiger partial charge in [-0.1, -0.05) is 26.7 Å². The van der Waals surface area contributed by atoms with Crippen molar-refractivity contribution in [2.75, 3.05) is 26.2 Å². The standard InChI is InChI=1S/C14H27N3O2.ClH/c1-3-5-7-16-13(18)11-9-15-10-12(11)14(19)17-8-6-4-2;/h11-12,15H,3-10H2,1-2H3,(H,16,18)(H,17,19);1H. The number of carbonyl (C=O) groups is 2. The quantitative estimate of drug-likeness (QED) is 0.588. The highest BCUT2D eigenvalue weighted by atomic mass is 35.5. The lowest BCUT2D eigenvalue weighted by atomic mass is 9.94. The first kappa shape index (κ1) is 19.2. The maximum absolute atomic E-state index is 12.0. The van der Waals surface area contributed by atoms with Crippen LogP contribution in [0.3, 0.4) is 0 Å². The lowest BCUT2D eigenvalue weighted by Crippen LogP contribution is -2.42. The molecule has 2 unspecified atom stereocenters. The summed E-state index contributed by atoms with van der Waals surface area (Å²) < 4.78 is 0. The number of unbranched alkanes of at least 4 members (excludes halogenated alkanes) is 2. The molecule has 0 saturated carbocycles. The summed E-state index contributed by atoms with van der Waals surface area (Å²) in [6.07, 6.45) is 4.09. The summed E-state index contributed by atoms with van der Waals surface area (Å²) in [6.45, 7) is 6.79. The molecule has 1 rings (SSSR count). The maximum atomic E-state index is 12.0. The minimum atomic E-state index is -0.224. The van der Waals surface area contributed by atoms with Crippen LogP contribution in [0.5, 0.6) is 0 Å². The first-order valence-electron chi connectivity index (χ1n) is 7.46. The number of nitrogens with one attached hydrogen (secondary N) is 3. The molecule has 5 nitrogen and oxygen atoms in total. The second-order valence-corrected chi connectivity index (χ2v) is 5.16. The van der Waals surface area contributed by atoms with Gasteiger partial charge in [-0.25, -0.2) is 0 Å². The highest BCUT2D eigenvalue weighted by Crippen LogP contribution is 2.17. The first-order valence-corrected chi connectivity index (χ1v) is 7.46. The largest absolute Gasteiger partial charge is 0.356 e. The summed E-state index contributed by atoms with van der Waals surface area (Å²) in [7, 11) is 0. The molecule has 0 bridgehead atoms. The summed E-state index contributed by atoms with van der Waals surface area (Å²) in [5.74, 6) is -0.430. The molecule has 6 heteroatoms. The Morgan fingerprint density at radius 1 is 0.950 bits per heavy atom. The minimum Gasteiger partial charge on any atom is -0.356 e. The molecule has 2 amide bonds. The van der Waals surface area contributed by atoms with Crippen LogP contribution in [0.1, 0.15) is 39.5 Å². The van der Waals surface area contributed by atoms with Gasteiger partial charge in [0.1, 0.15) is 0 Å². The molecule has 0 radical (unpaired) electrons. The van der Waals surface area contributed by atoms with Gasteiger partial charge in [0, 0.05) is 26.2 Å². The summed E-state index contributed by atoms with van der Waals surface area (Å²) in [4.78, 5) is 24.1. The lowest BCUT2D eigenvalue weighted by molar-refractivity contribution is -0.132. The van der Waals surface area contributed by atoms with E-state index >= 15 is 0 Å². The van der Waals surface area contributed by atoms with Crippen molar-refractivity contribution in [3.63, 3.8) is 0 Å². The molecule has 0 spiro atoms. The second-order valence-electron chi connectivity index (χ2n) is 5.16. The van der Waals surface area contributed by atoms with E-state index in [0.717, 1.165) is 25.7 Å². The highest BCUT2D eigenvalue weighted by Gasteiger charge is 2.37. The summed E-state index contributed by atoms with van der Waals surface area (Å²) >= 11 is 0. The zero-order chi connectivity index (χ0) is 14.1. The molecule has 0 aromatic carbocycles. The molecule has 0 aliphatic carbocycles. The number of hydrogen-bond acceptors (Lipinski definition) is 3. The van der Waals surface area contributed by atoms with E-state index in [0.29, 0.717) is 26.2 Å². The molecule has 2 atom stereocenters. The van der Waals surface area contributed by atoms with E-state index in [1.54, 1.807) is 0 Å². The Bertz CT molecular complexity index is 272.